The molecule has 3 rings (SSSR count). The van der Waals surface area contributed by atoms with Crippen molar-refractivity contribution in [3.8, 4) is 11.5 Å². The van der Waals surface area contributed by atoms with Crippen LogP contribution in [0.4, 0.5) is 0 Å². The minimum atomic E-state index is -0.213. The summed E-state index contributed by atoms with van der Waals surface area (Å²) < 4.78 is 11.4. The van der Waals surface area contributed by atoms with Crippen LogP contribution in [0, 0.1) is 0 Å². The van der Waals surface area contributed by atoms with Crippen LogP contribution >= 0.6 is 0 Å². The van der Waals surface area contributed by atoms with E-state index >= 15 is 0 Å². The summed E-state index contributed by atoms with van der Waals surface area (Å²) in [6.07, 6.45) is 5.44. The average molecular weight is 303 g/mol. The van der Waals surface area contributed by atoms with E-state index in [-0.39, 0.29) is 23.8 Å². The highest BCUT2D eigenvalue weighted by Gasteiger charge is 2.27. The zero-order chi connectivity index (χ0) is 15.5. The number of ether oxygens (including phenoxy) is 2. The second-order valence-electron chi connectivity index (χ2n) is 6.01. The van der Waals surface area contributed by atoms with Crippen molar-refractivity contribution in [1.82, 2.24) is 5.32 Å². The summed E-state index contributed by atoms with van der Waals surface area (Å²) in [7, 11) is 1.62. The maximum atomic E-state index is 11.6. The van der Waals surface area contributed by atoms with Crippen molar-refractivity contribution >= 4 is 11.8 Å². The summed E-state index contributed by atoms with van der Waals surface area (Å²) in [6.45, 7) is 0. The van der Waals surface area contributed by atoms with Crippen LogP contribution in [-0.2, 0) is 9.59 Å². The van der Waals surface area contributed by atoms with E-state index in [1.54, 1.807) is 7.11 Å². The number of carbonyl (C=O) groups is 2. The van der Waals surface area contributed by atoms with E-state index in [4.69, 9.17) is 9.47 Å². The fourth-order valence-corrected chi connectivity index (χ4v) is 3.24. The Morgan fingerprint density at radius 3 is 2.36 bits per heavy atom. The Morgan fingerprint density at radius 2 is 1.73 bits per heavy atom. The van der Waals surface area contributed by atoms with Crippen LogP contribution in [0.25, 0.3) is 0 Å². The molecule has 0 spiro atoms. The summed E-state index contributed by atoms with van der Waals surface area (Å²) >= 11 is 0. The number of imide groups is 1. The van der Waals surface area contributed by atoms with E-state index in [2.05, 4.69) is 5.32 Å². The highest BCUT2D eigenvalue weighted by atomic mass is 16.5. The minimum Gasteiger partial charge on any atom is -0.493 e. The van der Waals surface area contributed by atoms with Gasteiger partial charge in [0.1, 0.15) is 0 Å². The highest BCUT2D eigenvalue weighted by molar-refractivity contribution is 5.98. The van der Waals surface area contributed by atoms with Gasteiger partial charge >= 0.3 is 0 Å². The lowest BCUT2D eigenvalue weighted by molar-refractivity contribution is -0.133. The van der Waals surface area contributed by atoms with E-state index in [1.165, 1.54) is 12.8 Å². The Bertz CT molecular complexity index is 562. The van der Waals surface area contributed by atoms with Gasteiger partial charge in [0, 0.05) is 18.8 Å². The molecule has 0 bridgehead atoms. The van der Waals surface area contributed by atoms with Gasteiger partial charge in [-0.2, -0.15) is 0 Å². The molecule has 0 unspecified atom stereocenters. The Labute approximate surface area is 130 Å². The van der Waals surface area contributed by atoms with Crippen molar-refractivity contribution in [2.45, 2.75) is 50.5 Å². The Hall–Kier alpha value is -2.04. The lowest BCUT2D eigenvalue weighted by atomic mass is 9.89. The third-order valence-corrected chi connectivity index (χ3v) is 4.40. The standard InChI is InChI=1S/C17H21NO4/c1-21-14-7-6-11(12-9-16(19)18-17(20)10-12)8-15(14)22-13-4-2-3-5-13/h6-8,12-13H,2-5,9-10H2,1H3,(H,18,19,20). The van der Waals surface area contributed by atoms with Gasteiger partial charge in [0.15, 0.2) is 11.5 Å². The number of benzene rings is 1. The van der Waals surface area contributed by atoms with Gasteiger partial charge in [0.25, 0.3) is 0 Å². The summed E-state index contributed by atoms with van der Waals surface area (Å²) in [5, 5.41) is 2.34. The van der Waals surface area contributed by atoms with Gasteiger partial charge in [-0.25, -0.2) is 0 Å². The molecule has 2 amide bonds. The largest absolute Gasteiger partial charge is 0.493 e. The van der Waals surface area contributed by atoms with Crippen LogP contribution in [-0.4, -0.2) is 25.0 Å². The number of methoxy groups -OCH3 is 1. The van der Waals surface area contributed by atoms with Gasteiger partial charge in [0.05, 0.1) is 13.2 Å². The maximum Gasteiger partial charge on any atom is 0.227 e. The quantitative estimate of drug-likeness (QED) is 0.868. The van der Waals surface area contributed by atoms with Crippen LogP contribution in [0.3, 0.4) is 0 Å². The third-order valence-electron chi connectivity index (χ3n) is 4.40. The molecule has 0 aromatic heterocycles. The summed E-state index contributed by atoms with van der Waals surface area (Å²) in [5.74, 6) is 0.899. The van der Waals surface area contributed by atoms with E-state index < -0.39 is 0 Å². The number of hydrogen-bond acceptors (Lipinski definition) is 4. The number of nitrogens with one attached hydrogen (secondary N) is 1. The molecule has 5 nitrogen and oxygen atoms in total. The first-order valence-electron chi connectivity index (χ1n) is 7.83. The molecule has 1 saturated carbocycles. The molecule has 1 aliphatic carbocycles. The molecular weight excluding hydrogens is 282 g/mol. The first kappa shape index (κ1) is 14.9. The maximum absolute atomic E-state index is 11.6. The molecule has 2 aliphatic rings. The zero-order valence-electron chi connectivity index (χ0n) is 12.8. The minimum absolute atomic E-state index is 0.0851. The van der Waals surface area contributed by atoms with Crippen LogP contribution in [0.15, 0.2) is 18.2 Å². The topological polar surface area (TPSA) is 64.6 Å². The van der Waals surface area contributed by atoms with Crippen LogP contribution < -0.4 is 14.8 Å². The lowest BCUT2D eigenvalue weighted by Crippen LogP contribution is -2.37. The highest BCUT2D eigenvalue weighted by Crippen LogP contribution is 2.36. The second kappa shape index (κ2) is 6.38. The number of hydrogen-bond donors (Lipinski definition) is 1. The van der Waals surface area contributed by atoms with Gasteiger partial charge in [-0.05, 0) is 43.4 Å². The zero-order valence-corrected chi connectivity index (χ0v) is 12.8. The average Bonchev–Trinajstić information content (AvgIpc) is 2.99. The Morgan fingerprint density at radius 1 is 1.05 bits per heavy atom. The van der Waals surface area contributed by atoms with Crippen molar-refractivity contribution in [2.75, 3.05) is 7.11 Å². The van der Waals surface area contributed by atoms with Crippen LogP contribution in [0.1, 0.15) is 50.0 Å². The lowest BCUT2D eigenvalue weighted by Gasteiger charge is -2.23. The molecule has 22 heavy (non-hydrogen) atoms. The van der Waals surface area contributed by atoms with Crippen molar-refractivity contribution < 1.29 is 19.1 Å². The fourth-order valence-electron chi connectivity index (χ4n) is 3.24. The molecule has 5 heteroatoms. The molecule has 1 N–H and O–H groups in total. The van der Waals surface area contributed by atoms with Gasteiger partial charge in [-0.15, -0.1) is 0 Å². The van der Waals surface area contributed by atoms with E-state index in [9.17, 15) is 9.59 Å². The fraction of sp³-hybridized carbons (Fsp3) is 0.529. The van der Waals surface area contributed by atoms with Gasteiger partial charge in [-0.1, -0.05) is 6.07 Å². The molecule has 0 radical (unpaired) electrons. The molecule has 118 valence electrons. The van der Waals surface area contributed by atoms with E-state index in [0.29, 0.717) is 24.3 Å². The van der Waals surface area contributed by atoms with Crippen molar-refractivity contribution in [3.63, 3.8) is 0 Å². The second-order valence-corrected chi connectivity index (χ2v) is 6.01. The molecular formula is C17H21NO4. The third kappa shape index (κ3) is 3.24. The van der Waals surface area contributed by atoms with Crippen molar-refractivity contribution in [2.24, 2.45) is 0 Å². The Balaban J connectivity index is 1.82. The Kier molecular flexibility index (Phi) is 4.32. The first-order chi connectivity index (χ1) is 10.7. The normalized spacial score (nSPS) is 20.0. The summed E-state index contributed by atoms with van der Waals surface area (Å²) in [5.41, 5.74) is 0.956. The van der Waals surface area contributed by atoms with Crippen LogP contribution in [0.2, 0.25) is 0 Å². The molecule has 1 saturated heterocycles. The van der Waals surface area contributed by atoms with Gasteiger partial charge in [-0.3, -0.25) is 14.9 Å². The number of carbonyl (C=O) groups excluding carboxylic acids is 2. The predicted octanol–water partition coefficient (Wildman–Crippen LogP) is 2.54. The molecule has 1 heterocycles. The molecule has 0 atom stereocenters. The predicted molar refractivity (Wildman–Crippen MR) is 81.0 cm³/mol. The SMILES string of the molecule is COc1ccc(C2CC(=O)NC(=O)C2)cc1OC1CCCC1. The summed E-state index contributed by atoms with van der Waals surface area (Å²) in [4.78, 5) is 23.1. The van der Waals surface area contributed by atoms with Gasteiger partial charge < -0.3 is 9.47 Å². The molecule has 1 aromatic rings. The van der Waals surface area contributed by atoms with Crippen molar-refractivity contribution in [1.29, 1.82) is 0 Å². The number of piperidine rings is 1. The van der Waals surface area contributed by atoms with E-state index in [0.717, 1.165) is 18.4 Å². The molecule has 1 aromatic carbocycles. The smallest absolute Gasteiger partial charge is 0.227 e. The van der Waals surface area contributed by atoms with Crippen LogP contribution in [0.5, 0.6) is 11.5 Å². The number of rotatable bonds is 4. The molecule has 2 fully saturated rings. The van der Waals surface area contributed by atoms with Crippen molar-refractivity contribution in [3.05, 3.63) is 23.8 Å². The summed E-state index contributed by atoms with van der Waals surface area (Å²) in [6, 6.07) is 5.70. The monoisotopic (exact) mass is 303 g/mol. The van der Waals surface area contributed by atoms with E-state index in [1.807, 2.05) is 18.2 Å². The first-order valence-corrected chi connectivity index (χ1v) is 7.83. The van der Waals surface area contributed by atoms with Gasteiger partial charge in [0.2, 0.25) is 11.8 Å². The number of amides is 2. The molecule has 1 aliphatic heterocycles.